The third-order valence-corrected chi connectivity index (χ3v) is 3.49. The van der Waals surface area contributed by atoms with Gasteiger partial charge in [-0.3, -0.25) is 4.79 Å². The molecule has 1 aromatic rings. The average Bonchev–Trinajstić information content (AvgIpc) is 2.53. The van der Waals surface area contributed by atoms with Gasteiger partial charge >= 0.3 is 0 Å². The molecule has 1 aliphatic heterocycles. The molecule has 1 amide bonds. The summed E-state index contributed by atoms with van der Waals surface area (Å²) in [4.78, 5) is 12.9. The van der Waals surface area contributed by atoms with E-state index in [4.69, 9.17) is 0 Å². The maximum absolute atomic E-state index is 13.3. The number of nitrogens with zero attached hydrogens (tertiary/aromatic N) is 1. The Morgan fingerprint density at radius 2 is 1.94 bits per heavy atom. The number of amides is 1. The predicted octanol–water partition coefficient (Wildman–Crippen LogP) is 2.76. The number of benzene rings is 1. The van der Waals surface area contributed by atoms with Gasteiger partial charge in [-0.25, -0.2) is 8.78 Å². The lowest BCUT2D eigenvalue weighted by Gasteiger charge is -2.16. The highest BCUT2D eigenvalue weighted by Gasteiger charge is 2.29. The van der Waals surface area contributed by atoms with Crippen LogP contribution in [0.5, 0.6) is 0 Å². The molecule has 0 bridgehead atoms. The molecule has 1 atom stereocenters. The molecule has 2 nitrogen and oxygen atoms in total. The fourth-order valence-electron chi connectivity index (χ4n) is 1.64. The summed E-state index contributed by atoms with van der Waals surface area (Å²) in [5, 5.41) is -0.0812. The highest BCUT2D eigenvalue weighted by atomic mass is 79.9. The third-order valence-electron chi connectivity index (χ3n) is 2.38. The fraction of sp³-hybridized carbons (Fsp3) is 0.300. The van der Waals surface area contributed by atoms with E-state index < -0.39 is 11.6 Å². The monoisotopic (exact) mass is 307 g/mol. The summed E-state index contributed by atoms with van der Waals surface area (Å²) in [6.07, 6.45) is 0.294. The van der Waals surface area contributed by atoms with Crippen molar-refractivity contribution in [2.75, 3.05) is 11.4 Å². The van der Waals surface area contributed by atoms with Crippen LogP contribution in [0.4, 0.5) is 14.5 Å². The van der Waals surface area contributed by atoms with Crippen molar-refractivity contribution >= 4 is 40.2 Å². The lowest BCUT2D eigenvalue weighted by molar-refractivity contribution is -0.117. The second-order valence-electron chi connectivity index (χ2n) is 3.59. The first-order valence-electron chi connectivity index (χ1n) is 4.62. The molecule has 1 heterocycles. The van der Waals surface area contributed by atoms with Crippen molar-refractivity contribution in [1.82, 2.24) is 0 Å². The summed E-state index contributed by atoms with van der Waals surface area (Å²) < 4.78 is 26.3. The Morgan fingerprint density at radius 3 is 2.38 bits per heavy atom. The van der Waals surface area contributed by atoms with Gasteiger partial charge in [0.25, 0.3) is 0 Å². The standard InChI is InChI=1S/C10H8BrF2NOS/c11-10-7(12)1-5(2-8(10)13)14-4-6(16)3-9(14)15/h1-2,6,16H,3-4H2. The molecule has 1 saturated heterocycles. The quantitative estimate of drug-likeness (QED) is 0.625. The van der Waals surface area contributed by atoms with E-state index in [2.05, 4.69) is 28.6 Å². The van der Waals surface area contributed by atoms with Crippen molar-refractivity contribution in [3.05, 3.63) is 28.2 Å². The van der Waals surface area contributed by atoms with Crippen LogP contribution in [0.1, 0.15) is 6.42 Å². The van der Waals surface area contributed by atoms with E-state index in [1.807, 2.05) is 0 Å². The van der Waals surface area contributed by atoms with Crippen LogP contribution >= 0.6 is 28.6 Å². The highest BCUT2D eigenvalue weighted by Crippen LogP contribution is 2.29. The van der Waals surface area contributed by atoms with Crippen molar-refractivity contribution < 1.29 is 13.6 Å². The minimum absolute atomic E-state index is 0.0812. The Balaban J connectivity index is 2.38. The highest BCUT2D eigenvalue weighted by molar-refractivity contribution is 9.10. The molecule has 6 heteroatoms. The van der Waals surface area contributed by atoms with Gasteiger partial charge in [0.05, 0.1) is 4.47 Å². The van der Waals surface area contributed by atoms with Crippen LogP contribution in [0.2, 0.25) is 0 Å². The van der Waals surface area contributed by atoms with Gasteiger partial charge in [0.15, 0.2) is 0 Å². The largest absolute Gasteiger partial charge is 0.311 e. The Kier molecular flexibility index (Phi) is 3.21. The van der Waals surface area contributed by atoms with Crippen LogP contribution in [0.15, 0.2) is 16.6 Å². The molecule has 0 N–H and O–H groups in total. The van der Waals surface area contributed by atoms with Gasteiger partial charge in [-0.1, -0.05) is 0 Å². The van der Waals surface area contributed by atoms with Crippen molar-refractivity contribution in [2.45, 2.75) is 11.7 Å². The predicted molar refractivity (Wildman–Crippen MR) is 63.8 cm³/mol. The second kappa shape index (κ2) is 4.33. The fourth-order valence-corrected chi connectivity index (χ4v) is 2.18. The zero-order chi connectivity index (χ0) is 11.9. The zero-order valence-corrected chi connectivity index (χ0v) is 10.6. The molecule has 2 rings (SSSR count). The van der Waals surface area contributed by atoms with Crippen LogP contribution in [0, 0.1) is 11.6 Å². The van der Waals surface area contributed by atoms with E-state index in [1.54, 1.807) is 0 Å². The molecule has 1 aromatic carbocycles. The summed E-state index contributed by atoms with van der Waals surface area (Å²) in [6.45, 7) is 0.377. The molecule has 0 aromatic heterocycles. The molecule has 0 radical (unpaired) electrons. The number of halogens is 3. The van der Waals surface area contributed by atoms with Gasteiger partial charge in [0.1, 0.15) is 11.6 Å². The molecule has 0 saturated carbocycles. The van der Waals surface area contributed by atoms with Crippen molar-refractivity contribution in [3.8, 4) is 0 Å². The summed E-state index contributed by atoms with van der Waals surface area (Å²) in [5.41, 5.74) is 0.236. The lowest BCUT2D eigenvalue weighted by atomic mass is 10.3. The van der Waals surface area contributed by atoms with E-state index in [1.165, 1.54) is 4.90 Å². The third kappa shape index (κ3) is 2.08. The molecule has 1 unspecified atom stereocenters. The molecule has 1 aliphatic rings. The van der Waals surface area contributed by atoms with Crippen molar-refractivity contribution in [3.63, 3.8) is 0 Å². The number of carbonyl (C=O) groups excluding carboxylic acids is 1. The summed E-state index contributed by atoms with van der Waals surface area (Å²) in [5.74, 6) is -1.60. The van der Waals surface area contributed by atoms with Crippen LogP contribution in [0.25, 0.3) is 0 Å². The maximum Gasteiger partial charge on any atom is 0.228 e. The van der Waals surface area contributed by atoms with Crippen LogP contribution in [-0.2, 0) is 4.79 Å². The Morgan fingerprint density at radius 1 is 1.38 bits per heavy atom. The van der Waals surface area contributed by atoms with Gasteiger partial charge in [0, 0.05) is 23.9 Å². The van der Waals surface area contributed by atoms with E-state index in [9.17, 15) is 13.6 Å². The molecule has 1 fully saturated rings. The SMILES string of the molecule is O=C1CC(S)CN1c1cc(F)c(Br)c(F)c1. The van der Waals surface area contributed by atoms with Crippen LogP contribution in [0.3, 0.4) is 0 Å². The molecular weight excluding hydrogens is 300 g/mol. The van der Waals surface area contributed by atoms with Crippen molar-refractivity contribution in [1.29, 1.82) is 0 Å². The average molecular weight is 308 g/mol. The normalized spacial score (nSPS) is 20.6. The van der Waals surface area contributed by atoms with Crippen LogP contribution < -0.4 is 4.90 Å². The van der Waals surface area contributed by atoms with Gasteiger partial charge in [-0.15, -0.1) is 0 Å². The first-order chi connectivity index (χ1) is 7.49. The number of anilines is 1. The minimum atomic E-state index is -0.717. The van der Waals surface area contributed by atoms with Gasteiger partial charge < -0.3 is 4.90 Å². The smallest absolute Gasteiger partial charge is 0.228 e. The van der Waals surface area contributed by atoms with E-state index in [-0.39, 0.29) is 21.3 Å². The number of thiol groups is 1. The van der Waals surface area contributed by atoms with Gasteiger partial charge in [0.2, 0.25) is 5.91 Å². The number of hydrogen-bond acceptors (Lipinski definition) is 2. The molecule has 86 valence electrons. The lowest BCUT2D eigenvalue weighted by Crippen LogP contribution is -2.24. The summed E-state index contributed by atoms with van der Waals surface area (Å²) in [7, 11) is 0. The molecular formula is C10H8BrF2NOS. The first kappa shape index (κ1) is 11.9. The molecule has 0 spiro atoms. The summed E-state index contributed by atoms with van der Waals surface area (Å²) >= 11 is 6.95. The van der Waals surface area contributed by atoms with Crippen molar-refractivity contribution in [2.24, 2.45) is 0 Å². The van der Waals surface area contributed by atoms with Gasteiger partial charge in [-0.2, -0.15) is 12.6 Å². The van der Waals surface area contributed by atoms with E-state index in [0.717, 1.165) is 12.1 Å². The van der Waals surface area contributed by atoms with E-state index >= 15 is 0 Å². The van der Waals surface area contributed by atoms with E-state index in [0.29, 0.717) is 13.0 Å². The Hall–Kier alpha value is -0.620. The topological polar surface area (TPSA) is 20.3 Å². The minimum Gasteiger partial charge on any atom is -0.311 e. The van der Waals surface area contributed by atoms with Crippen LogP contribution in [-0.4, -0.2) is 17.7 Å². The maximum atomic E-state index is 13.3. The Bertz CT molecular complexity index is 431. The number of hydrogen-bond donors (Lipinski definition) is 1. The second-order valence-corrected chi connectivity index (χ2v) is 5.11. The van der Waals surface area contributed by atoms with Gasteiger partial charge in [-0.05, 0) is 28.1 Å². The Labute approximate surface area is 105 Å². The zero-order valence-electron chi connectivity index (χ0n) is 8.08. The molecule has 0 aliphatic carbocycles. The number of rotatable bonds is 1. The first-order valence-corrected chi connectivity index (χ1v) is 5.93. The number of carbonyl (C=O) groups is 1. The summed E-state index contributed by atoms with van der Waals surface area (Å²) in [6, 6.07) is 2.27. The molecule has 16 heavy (non-hydrogen) atoms.